The quantitative estimate of drug-likeness (QED) is 0.692. The Balaban J connectivity index is 2.18. The van der Waals surface area contributed by atoms with E-state index in [0.29, 0.717) is 6.54 Å². The summed E-state index contributed by atoms with van der Waals surface area (Å²) in [6, 6.07) is 6.26. The molecule has 1 aromatic carbocycles. The normalized spacial score (nSPS) is 13.0. The lowest BCUT2D eigenvalue weighted by Crippen LogP contribution is -2.09. The van der Waals surface area contributed by atoms with Crippen LogP contribution < -0.4 is 0 Å². The highest BCUT2D eigenvalue weighted by Gasteiger charge is 2.16. The van der Waals surface area contributed by atoms with Gasteiger partial charge < -0.3 is 9.13 Å². The molecule has 0 saturated heterocycles. The number of imidazole rings is 2. The van der Waals surface area contributed by atoms with Crippen molar-refractivity contribution in [1.82, 2.24) is 19.1 Å². The molecule has 0 fully saturated rings. The fraction of sp³-hybridized carbons (Fsp3) is 0.333. The molecule has 1 atom stereocenters. The first kappa shape index (κ1) is 13.2. The van der Waals surface area contributed by atoms with Crippen LogP contribution in [-0.2, 0) is 13.6 Å². The molecule has 20 heavy (non-hydrogen) atoms. The summed E-state index contributed by atoms with van der Waals surface area (Å²) < 4.78 is 4.17. The summed E-state index contributed by atoms with van der Waals surface area (Å²) in [7, 11) is 2.00. The average molecular weight is 289 g/mol. The molecule has 0 saturated carbocycles. The molecule has 5 heteroatoms. The third-order valence-corrected chi connectivity index (χ3v) is 3.70. The molecule has 1 unspecified atom stereocenters. The lowest BCUT2D eigenvalue weighted by Gasteiger charge is -2.10. The number of hydrogen-bond acceptors (Lipinski definition) is 2. The molecule has 3 rings (SSSR count). The van der Waals surface area contributed by atoms with Crippen LogP contribution >= 0.6 is 11.6 Å². The summed E-state index contributed by atoms with van der Waals surface area (Å²) in [5, 5.41) is -0.136. The van der Waals surface area contributed by atoms with E-state index in [1.807, 2.05) is 37.0 Å². The minimum Gasteiger partial charge on any atom is -0.337 e. The van der Waals surface area contributed by atoms with Gasteiger partial charge in [0.1, 0.15) is 11.6 Å². The predicted octanol–water partition coefficient (Wildman–Crippen LogP) is 3.43. The Hall–Kier alpha value is -1.81. The molecular weight excluding hydrogens is 272 g/mol. The summed E-state index contributed by atoms with van der Waals surface area (Å²) >= 11 is 6.29. The van der Waals surface area contributed by atoms with Gasteiger partial charge in [-0.1, -0.05) is 6.07 Å². The van der Waals surface area contributed by atoms with E-state index < -0.39 is 0 Å². The van der Waals surface area contributed by atoms with Crippen LogP contribution in [0.15, 0.2) is 30.6 Å². The average Bonchev–Trinajstić information content (AvgIpc) is 2.95. The standard InChI is InChI=1S/C15H17ClN4/c1-10-4-5-12-13(8-10)20(15(18-12)11(2)16)9-14-17-6-7-19(14)3/h4-8,11H,9H2,1-3H3. The van der Waals surface area contributed by atoms with Crippen molar-refractivity contribution in [2.75, 3.05) is 0 Å². The van der Waals surface area contributed by atoms with E-state index in [0.717, 1.165) is 22.7 Å². The van der Waals surface area contributed by atoms with Crippen LogP contribution in [0.2, 0.25) is 0 Å². The molecule has 0 bridgehead atoms. The first-order valence-corrected chi connectivity index (χ1v) is 7.07. The van der Waals surface area contributed by atoms with Crippen molar-refractivity contribution in [3.05, 3.63) is 47.8 Å². The van der Waals surface area contributed by atoms with E-state index in [-0.39, 0.29) is 5.38 Å². The SMILES string of the molecule is Cc1ccc2nc(C(C)Cl)n(Cc3nccn3C)c2c1. The van der Waals surface area contributed by atoms with E-state index in [1.165, 1.54) is 5.56 Å². The first-order valence-electron chi connectivity index (χ1n) is 6.63. The molecule has 0 amide bonds. The number of fused-ring (bicyclic) bond motifs is 1. The van der Waals surface area contributed by atoms with Crippen LogP contribution in [0.1, 0.15) is 29.5 Å². The van der Waals surface area contributed by atoms with Crippen LogP contribution in [0.3, 0.4) is 0 Å². The molecule has 2 aromatic heterocycles. The van der Waals surface area contributed by atoms with Gasteiger partial charge in [0.25, 0.3) is 0 Å². The van der Waals surface area contributed by atoms with Gasteiger partial charge in [0.05, 0.1) is 23.0 Å². The maximum atomic E-state index is 6.29. The van der Waals surface area contributed by atoms with Gasteiger partial charge >= 0.3 is 0 Å². The maximum absolute atomic E-state index is 6.29. The molecule has 0 aliphatic heterocycles. The number of rotatable bonds is 3. The molecule has 3 aromatic rings. The van der Waals surface area contributed by atoms with Crippen molar-refractivity contribution in [1.29, 1.82) is 0 Å². The fourth-order valence-electron chi connectivity index (χ4n) is 2.41. The van der Waals surface area contributed by atoms with Gasteiger partial charge in [-0.2, -0.15) is 0 Å². The van der Waals surface area contributed by atoms with Crippen molar-refractivity contribution in [3.63, 3.8) is 0 Å². The highest BCUT2D eigenvalue weighted by atomic mass is 35.5. The van der Waals surface area contributed by atoms with Crippen LogP contribution in [0, 0.1) is 6.92 Å². The third kappa shape index (κ3) is 2.20. The van der Waals surface area contributed by atoms with E-state index in [4.69, 9.17) is 11.6 Å². The molecule has 0 radical (unpaired) electrons. The minimum absolute atomic E-state index is 0.136. The predicted molar refractivity (Wildman–Crippen MR) is 81.0 cm³/mol. The Morgan fingerprint density at radius 3 is 2.80 bits per heavy atom. The molecule has 2 heterocycles. The number of benzene rings is 1. The second kappa shape index (κ2) is 4.94. The Bertz CT molecular complexity index is 754. The summed E-state index contributed by atoms with van der Waals surface area (Å²) in [4.78, 5) is 9.05. The van der Waals surface area contributed by atoms with Gasteiger partial charge in [-0.25, -0.2) is 9.97 Å². The van der Waals surface area contributed by atoms with E-state index in [2.05, 4.69) is 33.6 Å². The number of alkyl halides is 1. The van der Waals surface area contributed by atoms with Gasteiger partial charge in [0, 0.05) is 19.4 Å². The van der Waals surface area contributed by atoms with Crippen LogP contribution in [0.4, 0.5) is 0 Å². The van der Waals surface area contributed by atoms with Gasteiger partial charge in [0.15, 0.2) is 0 Å². The third-order valence-electron chi connectivity index (χ3n) is 3.51. The van der Waals surface area contributed by atoms with Crippen molar-refractivity contribution in [2.24, 2.45) is 7.05 Å². The molecule has 0 aliphatic rings. The van der Waals surface area contributed by atoms with Crippen molar-refractivity contribution < 1.29 is 0 Å². The van der Waals surface area contributed by atoms with Crippen molar-refractivity contribution in [3.8, 4) is 0 Å². The van der Waals surface area contributed by atoms with Crippen LogP contribution in [0.25, 0.3) is 11.0 Å². The largest absolute Gasteiger partial charge is 0.337 e. The second-order valence-corrected chi connectivity index (χ2v) is 5.77. The summed E-state index contributed by atoms with van der Waals surface area (Å²) in [5.74, 6) is 1.87. The summed E-state index contributed by atoms with van der Waals surface area (Å²) in [6.07, 6.45) is 3.76. The van der Waals surface area contributed by atoms with Gasteiger partial charge in [-0.15, -0.1) is 11.6 Å². The molecular formula is C15H17ClN4. The first-order chi connectivity index (χ1) is 9.56. The highest BCUT2D eigenvalue weighted by Crippen LogP contribution is 2.26. The summed E-state index contributed by atoms with van der Waals surface area (Å²) in [5.41, 5.74) is 3.30. The Morgan fingerprint density at radius 2 is 2.15 bits per heavy atom. The van der Waals surface area contributed by atoms with Crippen molar-refractivity contribution in [2.45, 2.75) is 25.8 Å². The number of nitrogens with zero attached hydrogens (tertiary/aromatic N) is 4. The van der Waals surface area contributed by atoms with Gasteiger partial charge in [-0.3, -0.25) is 0 Å². The lowest BCUT2D eigenvalue weighted by molar-refractivity contribution is 0.677. The zero-order valence-corrected chi connectivity index (χ0v) is 12.6. The number of hydrogen-bond donors (Lipinski definition) is 0. The molecule has 0 aliphatic carbocycles. The van der Waals surface area contributed by atoms with Crippen LogP contribution in [0.5, 0.6) is 0 Å². The van der Waals surface area contributed by atoms with E-state index in [1.54, 1.807) is 0 Å². The van der Waals surface area contributed by atoms with Gasteiger partial charge in [-0.05, 0) is 31.5 Å². The zero-order chi connectivity index (χ0) is 14.3. The topological polar surface area (TPSA) is 35.6 Å². The van der Waals surface area contributed by atoms with E-state index in [9.17, 15) is 0 Å². The monoisotopic (exact) mass is 288 g/mol. The molecule has 104 valence electrons. The Labute approximate surface area is 123 Å². The number of halogens is 1. The number of aromatic nitrogens is 4. The Kier molecular flexibility index (Phi) is 3.26. The van der Waals surface area contributed by atoms with Gasteiger partial charge in [0.2, 0.25) is 0 Å². The lowest BCUT2D eigenvalue weighted by atomic mass is 10.2. The highest BCUT2D eigenvalue weighted by molar-refractivity contribution is 6.20. The summed E-state index contributed by atoms with van der Waals surface area (Å²) in [6.45, 7) is 4.71. The molecule has 0 spiro atoms. The number of aryl methyl sites for hydroxylation is 2. The fourth-order valence-corrected chi connectivity index (χ4v) is 2.58. The zero-order valence-electron chi connectivity index (χ0n) is 11.8. The van der Waals surface area contributed by atoms with E-state index >= 15 is 0 Å². The second-order valence-electron chi connectivity index (χ2n) is 5.12. The maximum Gasteiger partial charge on any atom is 0.128 e. The minimum atomic E-state index is -0.136. The smallest absolute Gasteiger partial charge is 0.128 e. The van der Waals surface area contributed by atoms with Crippen molar-refractivity contribution >= 4 is 22.6 Å². The molecule has 4 nitrogen and oxygen atoms in total. The van der Waals surface area contributed by atoms with Crippen LogP contribution in [-0.4, -0.2) is 19.1 Å². The Morgan fingerprint density at radius 1 is 1.35 bits per heavy atom. The molecule has 0 N–H and O–H groups in total.